The fourth-order valence-corrected chi connectivity index (χ4v) is 1.83. The summed E-state index contributed by atoms with van der Waals surface area (Å²) in [6, 6.07) is 3.20. The number of hydrogen-bond donors (Lipinski definition) is 2. The molecule has 0 bridgehead atoms. The lowest BCUT2D eigenvalue weighted by atomic mass is 10.1. The van der Waals surface area contributed by atoms with Crippen LogP contribution in [-0.4, -0.2) is 35.8 Å². The van der Waals surface area contributed by atoms with E-state index in [0.29, 0.717) is 18.0 Å². The van der Waals surface area contributed by atoms with Crippen LogP contribution in [0.4, 0.5) is 10.5 Å². The molecule has 0 aromatic carbocycles. The molecule has 0 fully saturated rings. The zero-order valence-corrected chi connectivity index (χ0v) is 14.3. The number of amides is 1. The van der Waals surface area contributed by atoms with Crippen molar-refractivity contribution in [3.63, 3.8) is 0 Å². The second-order valence-corrected chi connectivity index (χ2v) is 5.97. The molecule has 1 unspecified atom stereocenters. The van der Waals surface area contributed by atoms with Gasteiger partial charge >= 0.3 is 12.1 Å². The molecular weight excluding hydrogens is 298 g/mol. The molecule has 0 saturated carbocycles. The zero-order chi connectivity index (χ0) is 17.5. The Kier molecular flexibility index (Phi) is 6.96. The maximum absolute atomic E-state index is 11.9. The molecule has 1 aromatic heterocycles. The van der Waals surface area contributed by atoms with Gasteiger partial charge in [0, 0.05) is 12.2 Å². The van der Waals surface area contributed by atoms with E-state index in [0.717, 1.165) is 0 Å². The zero-order valence-electron chi connectivity index (χ0n) is 14.3. The Hall–Kier alpha value is -2.15. The van der Waals surface area contributed by atoms with Gasteiger partial charge in [0.15, 0.2) is 0 Å². The van der Waals surface area contributed by atoms with Crippen molar-refractivity contribution in [3.8, 4) is 0 Å². The minimum atomic E-state index is -0.583. The van der Waals surface area contributed by atoms with E-state index in [1.807, 2.05) is 6.92 Å². The summed E-state index contributed by atoms with van der Waals surface area (Å²) in [4.78, 5) is 27.6. The Bertz CT molecular complexity index is 540. The molecule has 2 N–H and O–H groups in total. The highest BCUT2D eigenvalue weighted by atomic mass is 16.6. The van der Waals surface area contributed by atoms with Gasteiger partial charge in [0.25, 0.3) is 0 Å². The largest absolute Gasteiger partial charge is 0.465 e. The van der Waals surface area contributed by atoms with Crippen molar-refractivity contribution in [2.45, 2.75) is 46.3 Å². The molecule has 1 aromatic rings. The van der Waals surface area contributed by atoms with Crippen molar-refractivity contribution >= 4 is 17.7 Å². The number of nitrogens with one attached hydrogen (secondary N) is 2. The van der Waals surface area contributed by atoms with E-state index in [-0.39, 0.29) is 18.6 Å². The maximum atomic E-state index is 11.9. The number of esters is 1. The fourth-order valence-electron chi connectivity index (χ4n) is 1.83. The highest BCUT2D eigenvalue weighted by molar-refractivity contribution is 5.85. The molecule has 1 rings (SSSR count). The van der Waals surface area contributed by atoms with Gasteiger partial charge in [-0.2, -0.15) is 0 Å². The number of nitrogens with zero attached hydrogens (tertiary/aromatic N) is 1. The van der Waals surface area contributed by atoms with Crippen molar-refractivity contribution < 1.29 is 19.1 Å². The number of pyridine rings is 1. The van der Waals surface area contributed by atoms with Crippen LogP contribution in [0.5, 0.6) is 0 Å². The molecule has 0 aliphatic rings. The topological polar surface area (TPSA) is 89.5 Å². The van der Waals surface area contributed by atoms with Crippen LogP contribution in [0.2, 0.25) is 0 Å². The summed E-state index contributed by atoms with van der Waals surface area (Å²) in [6.07, 6.45) is 1.07. The molecule has 1 heterocycles. The lowest BCUT2D eigenvalue weighted by molar-refractivity contribution is -0.142. The molecular formula is C16H25N3O4. The number of anilines is 1. The second-order valence-electron chi connectivity index (χ2n) is 5.97. The average Bonchev–Trinajstić information content (AvgIpc) is 2.43. The lowest BCUT2D eigenvalue weighted by Crippen LogP contribution is -2.30. The summed E-state index contributed by atoms with van der Waals surface area (Å²) < 4.78 is 10.1. The van der Waals surface area contributed by atoms with Crippen molar-refractivity contribution in [2.75, 3.05) is 18.5 Å². The molecule has 0 saturated heterocycles. The van der Waals surface area contributed by atoms with Crippen LogP contribution in [0.15, 0.2) is 18.3 Å². The van der Waals surface area contributed by atoms with Crippen LogP contribution in [-0.2, 0) is 14.3 Å². The predicted molar refractivity (Wildman–Crippen MR) is 87.1 cm³/mol. The van der Waals surface area contributed by atoms with E-state index in [1.165, 1.54) is 0 Å². The Labute approximate surface area is 136 Å². The van der Waals surface area contributed by atoms with Crippen molar-refractivity contribution in [3.05, 3.63) is 24.0 Å². The molecule has 0 aliphatic carbocycles. The number of hydrogen-bond acceptors (Lipinski definition) is 6. The highest BCUT2D eigenvalue weighted by Gasteiger charge is 2.19. The minimum Gasteiger partial charge on any atom is -0.465 e. The number of carbonyl (C=O) groups is 2. The van der Waals surface area contributed by atoms with Crippen LogP contribution < -0.4 is 10.6 Å². The van der Waals surface area contributed by atoms with E-state index in [1.54, 1.807) is 46.0 Å². The normalized spacial score (nSPS) is 12.4. The van der Waals surface area contributed by atoms with E-state index in [4.69, 9.17) is 9.47 Å². The summed E-state index contributed by atoms with van der Waals surface area (Å²) in [7, 11) is 0. The van der Waals surface area contributed by atoms with Gasteiger partial charge in [-0.05, 0) is 46.8 Å². The molecule has 1 atom stereocenters. The monoisotopic (exact) mass is 323 g/mol. The highest BCUT2D eigenvalue weighted by Crippen LogP contribution is 2.20. The summed E-state index contributed by atoms with van der Waals surface area (Å²) in [5, 5.41) is 5.70. The third-order valence-corrected chi connectivity index (χ3v) is 2.74. The quantitative estimate of drug-likeness (QED) is 0.782. The predicted octanol–water partition coefficient (Wildman–Crippen LogP) is 2.64. The van der Waals surface area contributed by atoms with Crippen LogP contribution in [0, 0.1) is 0 Å². The van der Waals surface area contributed by atoms with Gasteiger partial charge in [0.05, 0.1) is 24.5 Å². The standard InChI is InChI=1S/C16H25N3O4/c1-6-22-13(20)10-18-11(2)14-12(8-7-9-17-14)19-15(21)23-16(3,4)5/h7-9,11,18H,6,10H2,1-5H3,(H,19,21). The summed E-state index contributed by atoms with van der Waals surface area (Å²) in [6.45, 7) is 9.38. The van der Waals surface area contributed by atoms with Gasteiger partial charge in [0.1, 0.15) is 5.60 Å². The van der Waals surface area contributed by atoms with Crippen molar-refractivity contribution in [1.82, 2.24) is 10.3 Å². The third-order valence-electron chi connectivity index (χ3n) is 2.74. The number of carbonyl (C=O) groups excluding carboxylic acids is 2. The number of rotatable bonds is 6. The third kappa shape index (κ3) is 7.10. The first-order chi connectivity index (χ1) is 10.7. The molecule has 1 amide bonds. The Balaban J connectivity index is 2.72. The first-order valence-electron chi connectivity index (χ1n) is 7.57. The van der Waals surface area contributed by atoms with Gasteiger partial charge in [-0.3, -0.25) is 20.4 Å². The van der Waals surface area contributed by atoms with Crippen LogP contribution in [0.3, 0.4) is 0 Å². The molecule has 0 spiro atoms. The van der Waals surface area contributed by atoms with E-state index in [2.05, 4.69) is 15.6 Å². The first kappa shape index (κ1) is 18.9. The Morgan fingerprint density at radius 2 is 2.04 bits per heavy atom. The van der Waals surface area contributed by atoms with Gasteiger partial charge in [-0.1, -0.05) is 0 Å². The van der Waals surface area contributed by atoms with Crippen molar-refractivity contribution in [2.24, 2.45) is 0 Å². The van der Waals surface area contributed by atoms with E-state index in [9.17, 15) is 9.59 Å². The van der Waals surface area contributed by atoms with Gasteiger partial charge in [0.2, 0.25) is 0 Å². The Morgan fingerprint density at radius 3 is 2.65 bits per heavy atom. The molecule has 0 aliphatic heterocycles. The minimum absolute atomic E-state index is 0.0669. The summed E-state index contributed by atoms with van der Waals surface area (Å²) in [5.74, 6) is -0.336. The van der Waals surface area contributed by atoms with Crippen LogP contribution >= 0.6 is 0 Å². The average molecular weight is 323 g/mol. The number of ether oxygens (including phenoxy) is 2. The molecule has 7 nitrogen and oxygen atoms in total. The summed E-state index contributed by atoms with van der Waals surface area (Å²) >= 11 is 0. The Morgan fingerprint density at radius 1 is 1.35 bits per heavy atom. The molecule has 0 radical (unpaired) electrons. The molecule has 7 heteroatoms. The van der Waals surface area contributed by atoms with Crippen LogP contribution in [0.1, 0.15) is 46.4 Å². The van der Waals surface area contributed by atoms with Gasteiger partial charge < -0.3 is 9.47 Å². The molecule has 128 valence electrons. The second kappa shape index (κ2) is 8.47. The molecule has 23 heavy (non-hydrogen) atoms. The van der Waals surface area contributed by atoms with Crippen molar-refractivity contribution in [1.29, 1.82) is 0 Å². The number of aromatic nitrogens is 1. The summed E-state index contributed by atoms with van der Waals surface area (Å²) in [5.41, 5.74) is 0.563. The smallest absolute Gasteiger partial charge is 0.412 e. The van der Waals surface area contributed by atoms with Gasteiger partial charge in [-0.15, -0.1) is 0 Å². The fraction of sp³-hybridized carbons (Fsp3) is 0.562. The first-order valence-corrected chi connectivity index (χ1v) is 7.57. The maximum Gasteiger partial charge on any atom is 0.412 e. The SMILES string of the molecule is CCOC(=O)CNC(C)c1ncccc1NC(=O)OC(C)(C)C. The lowest BCUT2D eigenvalue weighted by Gasteiger charge is -2.21. The van der Waals surface area contributed by atoms with E-state index >= 15 is 0 Å². The van der Waals surface area contributed by atoms with Crippen LogP contribution in [0.25, 0.3) is 0 Å². The van der Waals surface area contributed by atoms with E-state index < -0.39 is 11.7 Å². The van der Waals surface area contributed by atoms with Gasteiger partial charge in [-0.25, -0.2) is 4.79 Å².